The van der Waals surface area contributed by atoms with Gasteiger partial charge in [0.2, 0.25) is 17.6 Å². The number of likely N-dealkylation sites (tertiary alicyclic amines) is 1. The second-order valence-electron chi connectivity index (χ2n) is 6.45. The van der Waals surface area contributed by atoms with Gasteiger partial charge in [0.25, 0.3) is 0 Å². The van der Waals surface area contributed by atoms with Crippen molar-refractivity contribution in [1.29, 1.82) is 0 Å². The molecule has 0 saturated carbocycles. The number of ether oxygens (including phenoxy) is 1. The standard InChI is InChI=1S/C17H24N4O4/c1-20-11-13(23-3)9-12(20)10-21(2)16(22)7-6-15-18-17(19-25-15)14-5-4-8-24-14/h4-5,8,12-13H,6-7,9-11H2,1-3H3/t12-,13-/m0/s1. The van der Waals surface area contributed by atoms with Gasteiger partial charge in [-0.3, -0.25) is 9.69 Å². The summed E-state index contributed by atoms with van der Waals surface area (Å²) in [4.78, 5) is 20.6. The van der Waals surface area contributed by atoms with Crippen LogP contribution in [-0.2, 0) is 16.0 Å². The van der Waals surface area contributed by atoms with Crippen LogP contribution in [0.25, 0.3) is 11.6 Å². The van der Waals surface area contributed by atoms with Crippen molar-refractivity contribution in [3.05, 3.63) is 24.3 Å². The summed E-state index contributed by atoms with van der Waals surface area (Å²) in [5, 5.41) is 3.87. The average molecular weight is 348 g/mol. The van der Waals surface area contributed by atoms with Crippen LogP contribution in [0.1, 0.15) is 18.7 Å². The minimum atomic E-state index is 0.0621. The maximum Gasteiger partial charge on any atom is 0.238 e. The van der Waals surface area contributed by atoms with E-state index in [2.05, 4.69) is 22.1 Å². The van der Waals surface area contributed by atoms with E-state index in [0.29, 0.717) is 42.9 Å². The van der Waals surface area contributed by atoms with E-state index in [1.165, 1.54) is 0 Å². The highest BCUT2D eigenvalue weighted by Gasteiger charge is 2.30. The fourth-order valence-corrected chi connectivity index (χ4v) is 3.10. The molecule has 0 bridgehead atoms. The first-order valence-electron chi connectivity index (χ1n) is 8.40. The number of carbonyl (C=O) groups excluding carboxylic acids is 1. The summed E-state index contributed by atoms with van der Waals surface area (Å²) in [5.74, 6) is 1.45. The van der Waals surface area contributed by atoms with Crippen LogP contribution in [0.3, 0.4) is 0 Å². The molecule has 1 fully saturated rings. The van der Waals surface area contributed by atoms with Gasteiger partial charge in [0.05, 0.1) is 12.4 Å². The highest BCUT2D eigenvalue weighted by atomic mass is 16.5. The van der Waals surface area contributed by atoms with Crippen molar-refractivity contribution < 1.29 is 18.5 Å². The third kappa shape index (κ3) is 4.26. The molecule has 8 heteroatoms. The van der Waals surface area contributed by atoms with Gasteiger partial charge in [-0.25, -0.2) is 0 Å². The first kappa shape index (κ1) is 17.6. The lowest BCUT2D eigenvalue weighted by atomic mass is 10.2. The highest BCUT2D eigenvalue weighted by Crippen LogP contribution is 2.19. The van der Waals surface area contributed by atoms with Crippen molar-refractivity contribution in [3.63, 3.8) is 0 Å². The molecule has 0 unspecified atom stereocenters. The van der Waals surface area contributed by atoms with E-state index in [1.807, 2.05) is 7.05 Å². The predicted molar refractivity (Wildman–Crippen MR) is 89.8 cm³/mol. The molecule has 0 radical (unpaired) electrons. The minimum absolute atomic E-state index is 0.0621. The zero-order valence-corrected chi connectivity index (χ0v) is 14.8. The topological polar surface area (TPSA) is 84.8 Å². The Labute approximate surface area is 146 Å². The van der Waals surface area contributed by atoms with Crippen molar-refractivity contribution in [3.8, 4) is 11.6 Å². The second-order valence-corrected chi connectivity index (χ2v) is 6.45. The predicted octanol–water partition coefficient (Wildman–Crippen LogP) is 1.44. The Morgan fingerprint density at radius 3 is 3.04 bits per heavy atom. The van der Waals surface area contributed by atoms with Crippen LogP contribution < -0.4 is 0 Å². The quantitative estimate of drug-likeness (QED) is 0.748. The number of hydrogen-bond acceptors (Lipinski definition) is 7. The van der Waals surface area contributed by atoms with Crippen molar-refractivity contribution in [1.82, 2.24) is 19.9 Å². The Morgan fingerprint density at radius 2 is 2.36 bits per heavy atom. The van der Waals surface area contributed by atoms with Gasteiger partial charge in [-0.2, -0.15) is 4.98 Å². The number of methoxy groups -OCH3 is 1. The van der Waals surface area contributed by atoms with Crippen molar-refractivity contribution in [2.75, 3.05) is 34.3 Å². The SMILES string of the molecule is CO[C@H]1C[C@@H](CN(C)C(=O)CCc2nc(-c3ccco3)no2)N(C)C1. The van der Waals surface area contributed by atoms with E-state index in [4.69, 9.17) is 13.7 Å². The normalized spacial score (nSPS) is 20.9. The summed E-state index contributed by atoms with van der Waals surface area (Å²) in [6.45, 7) is 1.59. The van der Waals surface area contributed by atoms with Crippen LogP contribution in [0, 0.1) is 0 Å². The van der Waals surface area contributed by atoms with E-state index < -0.39 is 0 Å². The van der Waals surface area contributed by atoms with Gasteiger partial charge in [-0.1, -0.05) is 5.16 Å². The Hall–Kier alpha value is -2.19. The molecule has 1 amide bonds. The third-order valence-corrected chi connectivity index (χ3v) is 4.66. The fourth-order valence-electron chi connectivity index (χ4n) is 3.10. The largest absolute Gasteiger partial charge is 0.461 e. The molecule has 136 valence electrons. The van der Waals surface area contributed by atoms with Gasteiger partial charge < -0.3 is 18.6 Å². The third-order valence-electron chi connectivity index (χ3n) is 4.66. The van der Waals surface area contributed by atoms with Gasteiger partial charge in [-0.15, -0.1) is 0 Å². The number of rotatable bonds is 7. The number of aromatic nitrogens is 2. The zero-order chi connectivity index (χ0) is 17.8. The van der Waals surface area contributed by atoms with Crippen LogP contribution in [0.4, 0.5) is 0 Å². The summed E-state index contributed by atoms with van der Waals surface area (Å²) in [5.41, 5.74) is 0. The van der Waals surface area contributed by atoms with Crippen LogP contribution in [-0.4, -0.2) is 72.3 Å². The second kappa shape index (κ2) is 7.79. The summed E-state index contributed by atoms with van der Waals surface area (Å²) in [7, 11) is 5.63. The summed E-state index contributed by atoms with van der Waals surface area (Å²) in [6, 6.07) is 3.85. The molecular formula is C17H24N4O4. The van der Waals surface area contributed by atoms with Crippen molar-refractivity contribution >= 4 is 5.91 Å². The molecule has 0 N–H and O–H groups in total. The first-order chi connectivity index (χ1) is 12.1. The van der Waals surface area contributed by atoms with Crippen molar-refractivity contribution in [2.45, 2.75) is 31.4 Å². The maximum atomic E-state index is 12.4. The smallest absolute Gasteiger partial charge is 0.238 e. The van der Waals surface area contributed by atoms with Crippen LogP contribution in [0.5, 0.6) is 0 Å². The maximum absolute atomic E-state index is 12.4. The Bertz CT molecular complexity index is 685. The average Bonchev–Trinajstić information content (AvgIpc) is 3.33. The van der Waals surface area contributed by atoms with E-state index >= 15 is 0 Å². The van der Waals surface area contributed by atoms with Crippen LogP contribution >= 0.6 is 0 Å². The number of nitrogens with zero attached hydrogens (tertiary/aromatic N) is 4. The zero-order valence-electron chi connectivity index (χ0n) is 14.8. The van der Waals surface area contributed by atoms with E-state index in [0.717, 1.165) is 13.0 Å². The summed E-state index contributed by atoms with van der Waals surface area (Å²) < 4.78 is 15.8. The molecule has 0 aromatic carbocycles. The molecule has 3 rings (SSSR count). The molecule has 8 nitrogen and oxygen atoms in total. The summed E-state index contributed by atoms with van der Waals surface area (Å²) in [6.07, 6.45) is 3.49. The Morgan fingerprint density at radius 1 is 1.52 bits per heavy atom. The van der Waals surface area contributed by atoms with Gasteiger partial charge >= 0.3 is 0 Å². The molecule has 3 heterocycles. The number of likely N-dealkylation sites (N-methyl/N-ethyl adjacent to an activating group) is 2. The van der Waals surface area contributed by atoms with E-state index in [-0.39, 0.29) is 12.0 Å². The fraction of sp³-hybridized carbons (Fsp3) is 0.588. The lowest BCUT2D eigenvalue weighted by Crippen LogP contribution is -2.39. The molecule has 1 aliphatic heterocycles. The first-order valence-corrected chi connectivity index (χ1v) is 8.40. The van der Waals surface area contributed by atoms with Crippen molar-refractivity contribution in [2.24, 2.45) is 0 Å². The molecule has 0 aliphatic carbocycles. The van der Waals surface area contributed by atoms with E-state index in [1.54, 1.807) is 30.4 Å². The van der Waals surface area contributed by atoms with Crippen LogP contribution in [0.2, 0.25) is 0 Å². The lowest BCUT2D eigenvalue weighted by Gasteiger charge is -2.25. The number of carbonyl (C=O) groups is 1. The van der Waals surface area contributed by atoms with Gasteiger partial charge in [0.15, 0.2) is 5.76 Å². The highest BCUT2D eigenvalue weighted by molar-refractivity contribution is 5.76. The molecule has 2 aromatic rings. The van der Waals surface area contributed by atoms with Gasteiger partial charge in [-0.05, 0) is 25.6 Å². The van der Waals surface area contributed by atoms with E-state index in [9.17, 15) is 4.79 Å². The number of amides is 1. The number of furan rings is 1. The molecule has 25 heavy (non-hydrogen) atoms. The molecule has 2 atom stereocenters. The monoisotopic (exact) mass is 348 g/mol. The molecule has 0 spiro atoms. The molecule has 1 aliphatic rings. The van der Waals surface area contributed by atoms with Gasteiger partial charge in [0, 0.05) is 46.1 Å². The minimum Gasteiger partial charge on any atom is -0.461 e. The Balaban J connectivity index is 1.47. The van der Waals surface area contributed by atoms with Gasteiger partial charge in [0.1, 0.15) is 0 Å². The molecule has 1 saturated heterocycles. The summed E-state index contributed by atoms with van der Waals surface area (Å²) >= 11 is 0. The number of hydrogen-bond donors (Lipinski definition) is 0. The molecular weight excluding hydrogens is 324 g/mol. The lowest BCUT2D eigenvalue weighted by molar-refractivity contribution is -0.130. The van der Waals surface area contributed by atoms with Crippen LogP contribution in [0.15, 0.2) is 27.3 Å². The Kier molecular flexibility index (Phi) is 5.50. The molecule has 2 aromatic heterocycles. The number of aryl methyl sites for hydroxylation is 1.